The summed E-state index contributed by atoms with van der Waals surface area (Å²) in [5.74, 6) is -1.29. The predicted octanol–water partition coefficient (Wildman–Crippen LogP) is 0.789. The lowest BCUT2D eigenvalue weighted by Crippen LogP contribution is -2.33. The first kappa shape index (κ1) is 15.7. The number of nitrogens with one attached hydrogen (secondary N) is 1. The highest BCUT2D eigenvalue weighted by molar-refractivity contribution is 7.53. The predicted molar refractivity (Wildman–Crippen MR) is 78.4 cm³/mol. The fourth-order valence-corrected chi connectivity index (χ4v) is 3.53. The molecule has 6 nitrogen and oxygen atoms in total. The lowest BCUT2D eigenvalue weighted by atomic mass is 10.2. The zero-order valence-corrected chi connectivity index (χ0v) is 12.5. The van der Waals surface area contributed by atoms with E-state index in [1.54, 1.807) is 18.2 Å². The van der Waals surface area contributed by atoms with Gasteiger partial charge in [-0.3, -0.25) is 4.79 Å². The van der Waals surface area contributed by atoms with Gasteiger partial charge in [-0.2, -0.15) is 0 Å². The van der Waals surface area contributed by atoms with Crippen molar-refractivity contribution >= 4 is 25.0 Å². The Hall–Kier alpha value is -1.65. The van der Waals surface area contributed by atoms with Crippen molar-refractivity contribution in [2.45, 2.75) is 25.3 Å². The topological polar surface area (TPSA) is 92.7 Å². The van der Waals surface area contributed by atoms with Gasteiger partial charge in [0, 0.05) is 6.16 Å². The maximum absolute atomic E-state index is 12.0. The van der Waals surface area contributed by atoms with Crippen LogP contribution in [0.15, 0.2) is 24.3 Å². The molecule has 1 aliphatic rings. The Balaban J connectivity index is 1.80. The van der Waals surface area contributed by atoms with Crippen LogP contribution in [-0.4, -0.2) is 35.8 Å². The molecule has 1 heterocycles. The molecule has 1 aromatic carbocycles. The van der Waals surface area contributed by atoms with E-state index >= 15 is 0 Å². The van der Waals surface area contributed by atoms with Gasteiger partial charge in [0.25, 0.3) is 0 Å². The first-order valence-corrected chi connectivity index (χ1v) is 8.48. The first-order valence-electron chi connectivity index (χ1n) is 6.87. The third kappa shape index (κ3) is 4.41. The maximum atomic E-state index is 12.0. The minimum Gasteiger partial charge on any atom is -0.507 e. The van der Waals surface area contributed by atoms with Gasteiger partial charge < -0.3 is 19.7 Å². The molecule has 0 aliphatic carbocycles. The van der Waals surface area contributed by atoms with Crippen LogP contribution in [0.1, 0.15) is 19.3 Å². The van der Waals surface area contributed by atoms with Crippen LogP contribution in [0.25, 0.3) is 0 Å². The Labute approximate surface area is 123 Å². The Bertz CT molecular complexity index is 554. The number of aromatic hydroxyl groups is 1. The minimum atomic E-state index is -2.27. The first-order chi connectivity index (χ1) is 10.1. The summed E-state index contributed by atoms with van der Waals surface area (Å²) < 4.78 is 16.8. The number of phenolic OH excluding ortho intramolecular Hbond substituents is 1. The SMILES string of the molecule is O=C(CC[PH](=O)c1ccccc1O)OC(=O)[C@@H]1CCCN1. The van der Waals surface area contributed by atoms with Crippen molar-refractivity contribution in [3.8, 4) is 5.75 Å². The number of carbonyl (C=O) groups excluding carboxylic acids is 2. The van der Waals surface area contributed by atoms with Crippen LogP contribution in [0.4, 0.5) is 0 Å². The van der Waals surface area contributed by atoms with Gasteiger partial charge in [-0.1, -0.05) is 12.1 Å². The van der Waals surface area contributed by atoms with E-state index in [2.05, 4.69) is 5.32 Å². The second-order valence-electron chi connectivity index (χ2n) is 4.88. The summed E-state index contributed by atoms with van der Waals surface area (Å²) in [7, 11) is -2.27. The number of benzene rings is 1. The second-order valence-corrected chi connectivity index (χ2v) is 6.77. The summed E-state index contributed by atoms with van der Waals surface area (Å²) in [6.45, 7) is 0.745. The van der Waals surface area contributed by atoms with Crippen LogP contribution in [0.5, 0.6) is 5.75 Å². The van der Waals surface area contributed by atoms with Crippen LogP contribution in [0.2, 0.25) is 0 Å². The Morgan fingerprint density at radius 2 is 2.14 bits per heavy atom. The van der Waals surface area contributed by atoms with Gasteiger partial charge in [0.05, 0.1) is 11.7 Å². The molecule has 0 amide bonds. The van der Waals surface area contributed by atoms with Crippen molar-refractivity contribution in [2.75, 3.05) is 12.7 Å². The molecule has 0 bridgehead atoms. The van der Waals surface area contributed by atoms with Crippen molar-refractivity contribution in [1.29, 1.82) is 0 Å². The Kier molecular flexibility index (Phi) is 5.53. The number of carbonyl (C=O) groups is 2. The summed E-state index contributed by atoms with van der Waals surface area (Å²) in [6, 6.07) is 5.91. The normalized spacial score (nSPS) is 19.1. The van der Waals surface area contributed by atoms with Crippen molar-refractivity contribution in [1.82, 2.24) is 5.32 Å². The van der Waals surface area contributed by atoms with E-state index < -0.39 is 25.8 Å². The van der Waals surface area contributed by atoms with E-state index in [1.807, 2.05) is 0 Å². The van der Waals surface area contributed by atoms with Crippen molar-refractivity contribution in [3.63, 3.8) is 0 Å². The average Bonchev–Trinajstić information content (AvgIpc) is 2.99. The number of rotatable bonds is 5. The third-order valence-electron chi connectivity index (χ3n) is 3.32. The van der Waals surface area contributed by atoms with Gasteiger partial charge in [0.2, 0.25) is 0 Å². The minimum absolute atomic E-state index is 0.0408. The molecule has 1 aliphatic heterocycles. The second kappa shape index (κ2) is 7.38. The molecule has 0 spiro atoms. The maximum Gasteiger partial charge on any atom is 0.330 e. The zero-order valence-electron chi connectivity index (χ0n) is 11.5. The largest absolute Gasteiger partial charge is 0.507 e. The van der Waals surface area contributed by atoms with Gasteiger partial charge in [-0.15, -0.1) is 0 Å². The van der Waals surface area contributed by atoms with E-state index in [0.717, 1.165) is 13.0 Å². The monoisotopic (exact) mass is 311 g/mol. The van der Waals surface area contributed by atoms with Crippen molar-refractivity contribution in [2.24, 2.45) is 0 Å². The molecule has 21 heavy (non-hydrogen) atoms. The van der Waals surface area contributed by atoms with E-state index in [0.29, 0.717) is 11.7 Å². The van der Waals surface area contributed by atoms with E-state index in [9.17, 15) is 19.3 Å². The van der Waals surface area contributed by atoms with Crippen LogP contribution in [-0.2, 0) is 18.9 Å². The number of esters is 2. The average molecular weight is 311 g/mol. The zero-order chi connectivity index (χ0) is 15.2. The number of hydrogen-bond donors (Lipinski definition) is 2. The molecule has 114 valence electrons. The van der Waals surface area contributed by atoms with Crippen LogP contribution in [0, 0.1) is 0 Å². The quantitative estimate of drug-likeness (QED) is 0.474. The third-order valence-corrected chi connectivity index (χ3v) is 5.05. The highest BCUT2D eigenvalue weighted by Gasteiger charge is 2.25. The highest BCUT2D eigenvalue weighted by atomic mass is 31.1. The van der Waals surface area contributed by atoms with Crippen LogP contribution >= 0.6 is 7.80 Å². The molecule has 0 saturated carbocycles. The van der Waals surface area contributed by atoms with Gasteiger partial charge in [0.1, 0.15) is 19.6 Å². The van der Waals surface area contributed by atoms with Gasteiger partial charge in [0.15, 0.2) is 0 Å². The fraction of sp³-hybridized carbons (Fsp3) is 0.429. The molecule has 0 aromatic heterocycles. The van der Waals surface area contributed by atoms with Crippen molar-refractivity contribution < 1.29 is 24.0 Å². The van der Waals surface area contributed by atoms with Gasteiger partial charge in [-0.05, 0) is 31.5 Å². The Morgan fingerprint density at radius 1 is 1.38 bits per heavy atom. The van der Waals surface area contributed by atoms with Crippen LogP contribution < -0.4 is 10.6 Å². The summed E-state index contributed by atoms with van der Waals surface area (Å²) in [5, 5.41) is 12.9. The molecule has 2 rings (SSSR count). The van der Waals surface area contributed by atoms with Crippen molar-refractivity contribution in [3.05, 3.63) is 24.3 Å². The highest BCUT2D eigenvalue weighted by Crippen LogP contribution is 2.26. The lowest BCUT2D eigenvalue weighted by Gasteiger charge is -2.09. The Morgan fingerprint density at radius 3 is 2.81 bits per heavy atom. The number of ether oxygens (including phenoxy) is 1. The molecule has 7 heteroatoms. The smallest absolute Gasteiger partial charge is 0.330 e. The molecule has 2 N–H and O–H groups in total. The molecular weight excluding hydrogens is 293 g/mol. The summed E-state index contributed by atoms with van der Waals surface area (Å²) in [5.41, 5.74) is 0. The summed E-state index contributed by atoms with van der Waals surface area (Å²) in [4.78, 5) is 23.2. The molecule has 1 unspecified atom stereocenters. The lowest BCUT2D eigenvalue weighted by molar-refractivity contribution is -0.160. The molecule has 1 saturated heterocycles. The molecule has 0 radical (unpaired) electrons. The number of hydrogen-bond acceptors (Lipinski definition) is 6. The van der Waals surface area contributed by atoms with Gasteiger partial charge >= 0.3 is 11.9 Å². The molecule has 1 fully saturated rings. The standard InChI is InChI=1S/C14H18NO5P/c16-11-5-1-2-6-12(11)21(19)9-7-13(17)20-14(18)10-4-3-8-15-10/h1-2,5-6,10,15-16,21H,3-4,7-9H2/t10-/m0/s1. The number of phenols is 1. The summed E-state index contributed by atoms with van der Waals surface area (Å²) in [6.07, 6.45) is 1.52. The molecule has 2 atom stereocenters. The number of para-hydroxylation sites is 1. The van der Waals surface area contributed by atoms with E-state index in [-0.39, 0.29) is 18.3 Å². The summed E-state index contributed by atoms with van der Waals surface area (Å²) >= 11 is 0. The van der Waals surface area contributed by atoms with E-state index in [1.165, 1.54) is 6.07 Å². The van der Waals surface area contributed by atoms with Gasteiger partial charge in [-0.25, -0.2) is 4.79 Å². The fourth-order valence-electron chi connectivity index (χ4n) is 2.18. The molecule has 1 aromatic rings. The van der Waals surface area contributed by atoms with E-state index in [4.69, 9.17) is 4.74 Å². The molecular formula is C14H18NO5P. The van der Waals surface area contributed by atoms with Crippen LogP contribution in [0.3, 0.4) is 0 Å².